The maximum Gasteiger partial charge on any atom is 0.240 e. The molecule has 6 heteroatoms. The Kier molecular flexibility index (Phi) is 5.46. The summed E-state index contributed by atoms with van der Waals surface area (Å²) in [6.07, 6.45) is 0.401. The van der Waals surface area contributed by atoms with Crippen molar-refractivity contribution in [3.05, 3.63) is 29.8 Å². The Morgan fingerprint density at radius 3 is 2.39 bits per heavy atom. The Morgan fingerprint density at radius 2 is 1.89 bits per heavy atom. The zero-order valence-electron chi connectivity index (χ0n) is 10.5. The Hall–Kier alpha value is -1.24. The lowest BCUT2D eigenvalue weighted by atomic mass is 10.1. The molecule has 1 rings (SSSR count). The minimum atomic E-state index is -3.52. The van der Waals surface area contributed by atoms with Crippen LogP contribution >= 0.6 is 0 Å². The van der Waals surface area contributed by atoms with Gasteiger partial charge >= 0.3 is 0 Å². The smallest absolute Gasteiger partial charge is 0.240 e. The Bertz CT molecular complexity index is 493. The van der Waals surface area contributed by atoms with Gasteiger partial charge in [0.25, 0.3) is 0 Å². The maximum atomic E-state index is 11.8. The molecule has 5 nitrogen and oxygen atoms in total. The van der Waals surface area contributed by atoms with Crippen LogP contribution in [-0.4, -0.2) is 34.5 Å². The third kappa shape index (κ3) is 3.90. The van der Waals surface area contributed by atoms with Gasteiger partial charge in [0.15, 0.2) is 5.78 Å². The van der Waals surface area contributed by atoms with Gasteiger partial charge in [0, 0.05) is 25.6 Å². The maximum absolute atomic E-state index is 11.8. The van der Waals surface area contributed by atoms with Crippen molar-refractivity contribution in [2.45, 2.75) is 18.2 Å². The van der Waals surface area contributed by atoms with E-state index >= 15 is 0 Å². The molecule has 0 amide bonds. The molecule has 0 saturated carbocycles. The van der Waals surface area contributed by atoms with Crippen LogP contribution in [0.4, 0.5) is 0 Å². The number of benzene rings is 1. The summed E-state index contributed by atoms with van der Waals surface area (Å²) in [5, 5.41) is 0. The summed E-state index contributed by atoms with van der Waals surface area (Å²) in [5.41, 5.74) is 0.522. The number of hydrogen-bond acceptors (Lipinski definition) is 4. The summed E-state index contributed by atoms with van der Waals surface area (Å²) in [6, 6.07) is 5.91. The van der Waals surface area contributed by atoms with E-state index in [0.29, 0.717) is 18.6 Å². The van der Waals surface area contributed by atoms with E-state index in [0.717, 1.165) is 0 Å². The summed E-state index contributed by atoms with van der Waals surface area (Å²) < 4.78 is 30.8. The van der Waals surface area contributed by atoms with Gasteiger partial charge in [-0.05, 0) is 12.1 Å². The fourth-order valence-corrected chi connectivity index (χ4v) is 2.40. The molecule has 18 heavy (non-hydrogen) atoms. The van der Waals surface area contributed by atoms with Crippen molar-refractivity contribution in [1.29, 1.82) is 0 Å². The van der Waals surface area contributed by atoms with E-state index < -0.39 is 10.0 Å². The second kappa shape index (κ2) is 6.63. The average molecular weight is 271 g/mol. The highest BCUT2D eigenvalue weighted by Gasteiger charge is 2.13. The van der Waals surface area contributed by atoms with E-state index in [1.807, 2.05) is 0 Å². The van der Waals surface area contributed by atoms with Gasteiger partial charge in [-0.3, -0.25) is 4.79 Å². The van der Waals surface area contributed by atoms with Gasteiger partial charge in [-0.2, -0.15) is 0 Å². The van der Waals surface area contributed by atoms with Gasteiger partial charge in [-0.25, -0.2) is 13.1 Å². The van der Waals surface area contributed by atoms with Crippen molar-refractivity contribution in [2.24, 2.45) is 0 Å². The first-order valence-corrected chi connectivity index (χ1v) is 7.11. The van der Waals surface area contributed by atoms with Crippen molar-refractivity contribution in [2.75, 3.05) is 20.3 Å². The summed E-state index contributed by atoms with van der Waals surface area (Å²) in [7, 11) is -2.02. The van der Waals surface area contributed by atoms with Crippen molar-refractivity contribution >= 4 is 15.8 Å². The summed E-state index contributed by atoms with van der Waals surface area (Å²) in [6.45, 7) is 2.29. The molecule has 0 aliphatic carbocycles. The molecule has 1 aromatic rings. The van der Waals surface area contributed by atoms with Gasteiger partial charge in [0.05, 0.1) is 11.5 Å². The average Bonchev–Trinajstić information content (AvgIpc) is 2.38. The summed E-state index contributed by atoms with van der Waals surface area (Å²) in [4.78, 5) is 11.5. The SMILES string of the molecule is CCC(=O)c1ccc(S(=O)(=O)NCCOC)cc1. The van der Waals surface area contributed by atoms with Crippen molar-refractivity contribution in [1.82, 2.24) is 4.72 Å². The van der Waals surface area contributed by atoms with Crippen LogP contribution < -0.4 is 4.72 Å². The monoisotopic (exact) mass is 271 g/mol. The molecule has 0 aliphatic heterocycles. The van der Waals surface area contributed by atoms with Crippen LogP contribution in [0, 0.1) is 0 Å². The number of Topliss-reactive ketones (excluding diaryl/α,β-unsaturated/α-hetero) is 1. The minimum absolute atomic E-state index is 0.00806. The van der Waals surface area contributed by atoms with Crippen molar-refractivity contribution in [3.63, 3.8) is 0 Å². The highest BCUT2D eigenvalue weighted by molar-refractivity contribution is 7.89. The zero-order chi connectivity index (χ0) is 13.6. The summed E-state index contributed by atoms with van der Waals surface area (Å²) in [5.74, 6) is -0.00806. The van der Waals surface area contributed by atoms with Crippen LogP contribution in [0.15, 0.2) is 29.2 Å². The van der Waals surface area contributed by atoms with Crippen LogP contribution in [0.1, 0.15) is 23.7 Å². The quantitative estimate of drug-likeness (QED) is 0.597. The first-order valence-electron chi connectivity index (χ1n) is 5.63. The van der Waals surface area contributed by atoms with E-state index in [4.69, 9.17) is 4.74 Å². The van der Waals surface area contributed by atoms with Crippen LogP contribution in [0.25, 0.3) is 0 Å². The molecular weight excluding hydrogens is 254 g/mol. The fraction of sp³-hybridized carbons (Fsp3) is 0.417. The van der Waals surface area contributed by atoms with Gasteiger partial charge < -0.3 is 4.74 Å². The number of rotatable bonds is 7. The molecule has 1 aromatic carbocycles. The van der Waals surface area contributed by atoms with Gasteiger partial charge in [0.1, 0.15) is 0 Å². The normalized spacial score (nSPS) is 11.4. The second-order valence-electron chi connectivity index (χ2n) is 3.69. The minimum Gasteiger partial charge on any atom is -0.383 e. The lowest BCUT2D eigenvalue weighted by molar-refractivity contribution is 0.0988. The largest absolute Gasteiger partial charge is 0.383 e. The first-order chi connectivity index (χ1) is 8.51. The summed E-state index contributed by atoms with van der Waals surface area (Å²) >= 11 is 0. The highest BCUT2D eigenvalue weighted by atomic mass is 32.2. The molecule has 0 bridgehead atoms. The van der Waals surface area contributed by atoms with Crippen LogP contribution in [0.2, 0.25) is 0 Å². The molecule has 0 atom stereocenters. The number of carbonyl (C=O) groups is 1. The lowest BCUT2D eigenvalue weighted by Crippen LogP contribution is -2.27. The second-order valence-corrected chi connectivity index (χ2v) is 5.46. The predicted molar refractivity (Wildman–Crippen MR) is 68.1 cm³/mol. The van der Waals surface area contributed by atoms with Crippen molar-refractivity contribution in [3.8, 4) is 0 Å². The molecule has 0 aliphatic rings. The molecule has 0 spiro atoms. The zero-order valence-corrected chi connectivity index (χ0v) is 11.3. The molecule has 0 radical (unpaired) electrons. The molecular formula is C12H17NO4S. The van der Waals surface area contributed by atoms with E-state index in [2.05, 4.69) is 4.72 Å². The number of methoxy groups -OCH3 is 1. The van der Waals surface area contributed by atoms with Crippen LogP contribution in [0.3, 0.4) is 0 Å². The standard InChI is InChI=1S/C12H17NO4S/c1-3-12(14)10-4-6-11(7-5-10)18(15,16)13-8-9-17-2/h4-7,13H,3,8-9H2,1-2H3. The Balaban J connectivity index is 2.81. The van der Waals surface area contributed by atoms with Gasteiger partial charge in [-0.1, -0.05) is 19.1 Å². The molecule has 1 N–H and O–H groups in total. The molecule has 0 aromatic heterocycles. The third-order valence-electron chi connectivity index (χ3n) is 2.41. The number of sulfonamides is 1. The number of nitrogens with one attached hydrogen (secondary N) is 1. The predicted octanol–water partition coefficient (Wildman–Crippen LogP) is 1.20. The highest BCUT2D eigenvalue weighted by Crippen LogP contribution is 2.11. The first kappa shape index (κ1) is 14.8. The van der Waals surface area contributed by atoms with E-state index in [1.165, 1.54) is 31.4 Å². The van der Waals surface area contributed by atoms with Crippen LogP contribution in [0.5, 0.6) is 0 Å². The molecule has 0 fully saturated rings. The Morgan fingerprint density at radius 1 is 1.28 bits per heavy atom. The van der Waals surface area contributed by atoms with Crippen molar-refractivity contribution < 1.29 is 17.9 Å². The van der Waals surface area contributed by atoms with Crippen LogP contribution in [-0.2, 0) is 14.8 Å². The molecule has 0 heterocycles. The van der Waals surface area contributed by atoms with E-state index in [1.54, 1.807) is 6.92 Å². The van der Waals surface area contributed by atoms with Gasteiger partial charge in [-0.15, -0.1) is 0 Å². The lowest BCUT2D eigenvalue weighted by Gasteiger charge is -2.06. The molecule has 0 unspecified atom stereocenters. The molecule has 0 saturated heterocycles. The number of hydrogen-bond donors (Lipinski definition) is 1. The number of carbonyl (C=O) groups excluding carboxylic acids is 1. The van der Waals surface area contributed by atoms with E-state index in [9.17, 15) is 13.2 Å². The number of ether oxygens (including phenoxy) is 1. The van der Waals surface area contributed by atoms with E-state index in [-0.39, 0.29) is 17.2 Å². The fourth-order valence-electron chi connectivity index (χ4n) is 1.39. The third-order valence-corrected chi connectivity index (χ3v) is 3.88. The van der Waals surface area contributed by atoms with Gasteiger partial charge in [0.2, 0.25) is 10.0 Å². The Labute approximate surface area is 107 Å². The number of ketones is 1. The topological polar surface area (TPSA) is 72.5 Å². The molecule has 100 valence electrons.